The van der Waals surface area contributed by atoms with Crippen molar-refractivity contribution < 1.29 is 17.1 Å². The van der Waals surface area contributed by atoms with Gasteiger partial charge in [0.05, 0.1) is 19.8 Å². The Bertz CT molecular complexity index is 1160. The highest BCUT2D eigenvalue weighted by atomic mass is 16.5. The summed E-state index contributed by atoms with van der Waals surface area (Å²) in [4.78, 5) is 25.7. The van der Waals surface area contributed by atoms with E-state index in [9.17, 15) is 4.79 Å². The van der Waals surface area contributed by atoms with Gasteiger partial charge in [0, 0.05) is 58.6 Å². The number of carbonyl (C=O) groups is 1. The fraction of sp³-hybridized carbons (Fsp3) is 0.500. The molecule has 2 fully saturated rings. The van der Waals surface area contributed by atoms with Crippen LogP contribution in [0.1, 0.15) is 30.0 Å². The molecule has 1 amide bonds. The first-order chi connectivity index (χ1) is 17.6. The number of aromatic amines is 1. The first kappa shape index (κ1) is 26.0. The molecule has 2 aromatic heterocycles. The van der Waals surface area contributed by atoms with Crippen LogP contribution < -0.4 is 14.8 Å². The Labute approximate surface area is 216 Å². The number of H-pyrrole nitrogens is 1. The molecule has 5 rings (SSSR count). The lowest BCUT2D eigenvalue weighted by molar-refractivity contribution is -0.117. The molecule has 1 aromatic carbocycles. The zero-order valence-corrected chi connectivity index (χ0v) is 22.1. The van der Waals surface area contributed by atoms with E-state index in [4.69, 9.17) is 9.47 Å². The van der Waals surface area contributed by atoms with E-state index in [1.165, 1.54) is 0 Å². The number of piperazine rings is 1. The van der Waals surface area contributed by atoms with Crippen LogP contribution in [-0.4, -0.2) is 79.2 Å². The quantitative estimate of drug-likeness (QED) is 0.457. The van der Waals surface area contributed by atoms with E-state index in [0.29, 0.717) is 17.4 Å². The topological polar surface area (TPSA) is 82.7 Å². The number of amides is 1. The molecule has 0 unspecified atom stereocenters. The smallest absolute Gasteiger partial charge is 0.228 e. The average Bonchev–Trinajstić information content (AvgIpc) is 3.58. The van der Waals surface area contributed by atoms with Gasteiger partial charge in [-0.15, -0.1) is 0 Å². The third-order valence-corrected chi connectivity index (χ3v) is 7.15. The Morgan fingerprint density at radius 2 is 1.75 bits per heavy atom. The maximum atomic E-state index is 12.8. The molecule has 3 aromatic rings. The molecule has 0 bridgehead atoms. The van der Waals surface area contributed by atoms with Crippen molar-refractivity contribution >= 4 is 22.8 Å². The number of likely N-dealkylation sites (N-methyl/N-ethyl adjacent to an activating group) is 1. The number of hydrogen-bond acceptors (Lipinski definition) is 6. The second kappa shape index (κ2) is 11.8. The molecule has 3 heterocycles. The van der Waals surface area contributed by atoms with Crippen LogP contribution in [0.4, 0.5) is 5.82 Å². The van der Waals surface area contributed by atoms with Gasteiger partial charge in [0.25, 0.3) is 0 Å². The van der Waals surface area contributed by atoms with Crippen molar-refractivity contribution in [3.63, 3.8) is 0 Å². The van der Waals surface area contributed by atoms with Crippen molar-refractivity contribution in [2.75, 3.05) is 58.8 Å². The van der Waals surface area contributed by atoms with Gasteiger partial charge < -0.3 is 29.6 Å². The number of anilines is 1. The summed E-state index contributed by atoms with van der Waals surface area (Å²) in [5.41, 5.74) is 2.53. The van der Waals surface area contributed by atoms with Crippen molar-refractivity contribution in [3.8, 4) is 22.6 Å². The second-order valence-electron chi connectivity index (χ2n) is 9.16. The summed E-state index contributed by atoms with van der Waals surface area (Å²) in [7, 11) is 3.30. The van der Waals surface area contributed by atoms with Gasteiger partial charge in [-0.2, -0.15) is 0 Å². The van der Waals surface area contributed by atoms with E-state index in [1.807, 2.05) is 50.4 Å². The summed E-state index contributed by atoms with van der Waals surface area (Å²) in [6.45, 7) is 12.8. The number of pyridine rings is 1. The Hall–Kier alpha value is -3.10. The van der Waals surface area contributed by atoms with Crippen LogP contribution in [0.25, 0.3) is 22.2 Å². The molecule has 1 aliphatic heterocycles. The van der Waals surface area contributed by atoms with Crippen molar-refractivity contribution in [2.45, 2.75) is 27.2 Å². The average molecular weight is 498 g/mol. The largest absolute Gasteiger partial charge is 0.496 e. The number of rotatable bonds is 8. The SMILES string of the molecule is CC.CCN1CCN(C[C@@H]2C[C@H]2C(=O)Nc2ccc3c(-c4c(OC)cccc4OC)c[nH]c3n2)CC1.[HH].[HH]. The summed E-state index contributed by atoms with van der Waals surface area (Å²) in [6, 6.07) is 9.56. The molecule has 198 valence electrons. The summed E-state index contributed by atoms with van der Waals surface area (Å²) in [6.07, 6.45) is 2.86. The van der Waals surface area contributed by atoms with Crippen LogP contribution in [0, 0.1) is 11.8 Å². The molecular formula is C28H43N5O3. The first-order valence-corrected chi connectivity index (χ1v) is 13.1. The highest BCUT2D eigenvalue weighted by Gasteiger charge is 2.44. The van der Waals surface area contributed by atoms with E-state index < -0.39 is 0 Å². The van der Waals surface area contributed by atoms with E-state index in [0.717, 1.165) is 73.7 Å². The van der Waals surface area contributed by atoms with Crippen LogP contribution in [0.2, 0.25) is 0 Å². The molecule has 1 aliphatic carbocycles. The molecule has 0 spiro atoms. The van der Waals surface area contributed by atoms with E-state index >= 15 is 0 Å². The number of carbonyl (C=O) groups excluding carboxylic acids is 1. The van der Waals surface area contributed by atoms with Crippen molar-refractivity contribution in [3.05, 3.63) is 36.5 Å². The van der Waals surface area contributed by atoms with E-state index in [1.54, 1.807) is 14.2 Å². The Morgan fingerprint density at radius 1 is 1.08 bits per heavy atom. The maximum Gasteiger partial charge on any atom is 0.228 e. The monoisotopic (exact) mass is 497 g/mol. The number of fused-ring (bicyclic) bond motifs is 1. The molecule has 2 N–H and O–H groups in total. The fourth-order valence-corrected chi connectivity index (χ4v) is 5.01. The first-order valence-electron chi connectivity index (χ1n) is 13.1. The van der Waals surface area contributed by atoms with Gasteiger partial charge >= 0.3 is 0 Å². The summed E-state index contributed by atoms with van der Waals surface area (Å²) in [5.74, 6) is 2.63. The van der Waals surface area contributed by atoms with Gasteiger partial charge in [-0.1, -0.05) is 26.8 Å². The highest BCUT2D eigenvalue weighted by Crippen LogP contribution is 2.42. The summed E-state index contributed by atoms with van der Waals surface area (Å²) < 4.78 is 11.1. The normalized spacial score (nSPS) is 19.9. The maximum absolute atomic E-state index is 12.8. The van der Waals surface area contributed by atoms with Crippen molar-refractivity contribution in [1.29, 1.82) is 0 Å². The van der Waals surface area contributed by atoms with Gasteiger partial charge in [-0.25, -0.2) is 4.98 Å². The van der Waals surface area contributed by atoms with Crippen molar-refractivity contribution in [2.24, 2.45) is 11.8 Å². The second-order valence-corrected chi connectivity index (χ2v) is 9.16. The number of nitrogens with zero attached hydrogens (tertiary/aromatic N) is 3. The molecule has 8 heteroatoms. The zero-order valence-electron chi connectivity index (χ0n) is 22.1. The van der Waals surface area contributed by atoms with Crippen LogP contribution in [-0.2, 0) is 4.79 Å². The minimum absolute atomic E-state index is 0. The zero-order chi connectivity index (χ0) is 25.7. The van der Waals surface area contributed by atoms with Crippen LogP contribution in [0.15, 0.2) is 36.5 Å². The number of methoxy groups -OCH3 is 2. The lowest BCUT2D eigenvalue weighted by Gasteiger charge is -2.34. The number of benzene rings is 1. The third kappa shape index (κ3) is 5.50. The molecule has 1 saturated carbocycles. The fourth-order valence-electron chi connectivity index (χ4n) is 5.01. The van der Waals surface area contributed by atoms with E-state index in [-0.39, 0.29) is 14.7 Å². The molecule has 0 radical (unpaired) electrons. The Balaban J connectivity index is 0.00000124. The highest BCUT2D eigenvalue weighted by molar-refractivity contribution is 5.99. The number of ether oxygens (including phenoxy) is 2. The lowest BCUT2D eigenvalue weighted by Crippen LogP contribution is -2.46. The van der Waals surface area contributed by atoms with Crippen LogP contribution in [0.5, 0.6) is 11.5 Å². The number of nitrogens with one attached hydrogen (secondary N) is 2. The lowest BCUT2D eigenvalue weighted by atomic mass is 10.0. The van der Waals surface area contributed by atoms with Gasteiger partial charge in [0.2, 0.25) is 5.91 Å². The number of aromatic nitrogens is 2. The molecule has 2 atom stereocenters. The predicted molar refractivity (Wildman–Crippen MR) is 149 cm³/mol. The van der Waals surface area contributed by atoms with Gasteiger partial charge in [-0.05, 0) is 43.1 Å². The minimum atomic E-state index is 0. The molecular weight excluding hydrogens is 454 g/mol. The van der Waals surface area contributed by atoms with Crippen molar-refractivity contribution in [1.82, 2.24) is 19.8 Å². The third-order valence-electron chi connectivity index (χ3n) is 7.15. The van der Waals surface area contributed by atoms with Gasteiger partial charge in [0.1, 0.15) is 23.0 Å². The standard InChI is InChI=1S/C26H33N5O3.C2H6.2H2/c1-4-30-10-12-31(13-11-30)16-17-14-19(17)26(32)29-23-9-8-18-20(15-27-25(18)28-23)24-21(33-2)6-5-7-22(24)34-3;1-2;;/h5-9,15,17,19H,4,10-14,16H2,1-3H3,(H2,27,28,29,32);1-2H3;2*1H/t17-,19+;;;/m0.../s1. The van der Waals surface area contributed by atoms with E-state index in [2.05, 4.69) is 32.0 Å². The van der Waals surface area contributed by atoms with Crippen LogP contribution >= 0.6 is 0 Å². The van der Waals surface area contributed by atoms with Gasteiger partial charge in [0.15, 0.2) is 0 Å². The predicted octanol–water partition coefficient (Wildman–Crippen LogP) is 4.98. The summed E-state index contributed by atoms with van der Waals surface area (Å²) >= 11 is 0. The molecule has 2 aliphatic rings. The molecule has 8 nitrogen and oxygen atoms in total. The molecule has 36 heavy (non-hydrogen) atoms. The Morgan fingerprint density at radius 3 is 2.39 bits per heavy atom. The number of hydrogen-bond donors (Lipinski definition) is 2. The van der Waals surface area contributed by atoms with Crippen LogP contribution in [0.3, 0.4) is 0 Å². The molecule has 1 saturated heterocycles. The minimum Gasteiger partial charge on any atom is -0.496 e. The Kier molecular flexibility index (Phi) is 8.48. The van der Waals surface area contributed by atoms with Gasteiger partial charge in [-0.3, -0.25) is 4.79 Å². The summed E-state index contributed by atoms with van der Waals surface area (Å²) in [5, 5.41) is 3.97.